The number of alkyl halides is 6. The Labute approximate surface area is 235 Å². The van der Waals surface area contributed by atoms with Gasteiger partial charge in [0.1, 0.15) is 19.0 Å². The molecule has 1 fully saturated rings. The predicted octanol–water partition coefficient (Wildman–Crippen LogP) is 6.56. The zero-order chi connectivity index (χ0) is 26.7. The maximum atomic E-state index is 13.3. The molecular formula is C21H16Cl6FN3O5. The number of nitrogens with zero attached hydrogens (tertiary/aromatic N) is 3. The van der Waals surface area contributed by atoms with Crippen molar-refractivity contribution in [1.82, 2.24) is 4.98 Å². The first-order chi connectivity index (χ1) is 16.7. The molecule has 1 aliphatic heterocycles. The molecule has 2 heterocycles. The summed E-state index contributed by atoms with van der Waals surface area (Å²) in [4.78, 5) is 44.0. The summed E-state index contributed by atoms with van der Waals surface area (Å²) in [7, 11) is 0. The minimum atomic E-state index is -1.96. The van der Waals surface area contributed by atoms with Gasteiger partial charge in [0, 0.05) is 36.8 Å². The van der Waals surface area contributed by atoms with Crippen molar-refractivity contribution >= 4 is 99.2 Å². The number of hydrogen-bond acceptors (Lipinski definition) is 6. The second-order valence-electron chi connectivity index (χ2n) is 7.50. The molecule has 15 heteroatoms. The summed E-state index contributed by atoms with van der Waals surface area (Å²) in [6.45, 7) is -1.13. The van der Waals surface area contributed by atoms with Crippen LogP contribution in [0, 0.1) is 5.82 Å². The van der Waals surface area contributed by atoms with Gasteiger partial charge < -0.3 is 14.4 Å². The fourth-order valence-electron chi connectivity index (χ4n) is 3.29. The molecule has 0 bridgehead atoms. The van der Waals surface area contributed by atoms with Crippen LogP contribution in [0.15, 0.2) is 42.6 Å². The lowest BCUT2D eigenvalue weighted by atomic mass is 9.98. The highest BCUT2D eigenvalue weighted by Gasteiger charge is 2.35. The lowest BCUT2D eigenvalue weighted by Crippen LogP contribution is -2.40. The van der Waals surface area contributed by atoms with Crippen LogP contribution in [-0.4, -0.2) is 50.4 Å². The van der Waals surface area contributed by atoms with E-state index in [1.54, 1.807) is 12.1 Å². The number of amides is 3. The monoisotopic (exact) mass is 619 g/mol. The first-order valence-corrected chi connectivity index (χ1v) is 12.3. The lowest BCUT2D eigenvalue weighted by Gasteiger charge is -2.23. The van der Waals surface area contributed by atoms with E-state index in [1.807, 2.05) is 0 Å². The van der Waals surface area contributed by atoms with E-state index in [-0.39, 0.29) is 36.4 Å². The molecule has 1 saturated heterocycles. The number of ether oxygens (including phenoxy) is 2. The van der Waals surface area contributed by atoms with Crippen LogP contribution < -0.4 is 9.80 Å². The molecule has 3 rings (SSSR count). The fraction of sp³-hybridized carbons (Fsp3) is 0.333. The summed E-state index contributed by atoms with van der Waals surface area (Å²) in [6, 6.07) is 8.65. The molecule has 1 aromatic carbocycles. The van der Waals surface area contributed by atoms with Crippen LogP contribution >= 0.6 is 69.6 Å². The average Bonchev–Trinajstić information content (AvgIpc) is 3.18. The standard InChI is InChI=1S/C21H16Cl6FN3O5/c22-20(23,24)10-35-18(33)31(19(34)36-11-21(25,26)27)16-8-15(5-6-29-16)30-9-13(7-17(30)32)12-1-3-14(28)4-2-12/h1-6,8,13H,7,9-11H2. The number of carbonyl (C=O) groups excluding carboxylic acids is 3. The van der Waals surface area contributed by atoms with Crippen LogP contribution in [0.2, 0.25) is 0 Å². The molecule has 0 spiro atoms. The highest BCUT2D eigenvalue weighted by Crippen LogP contribution is 2.34. The highest BCUT2D eigenvalue weighted by molar-refractivity contribution is 6.68. The summed E-state index contributed by atoms with van der Waals surface area (Å²) in [5.41, 5.74) is 1.11. The van der Waals surface area contributed by atoms with Crippen molar-refractivity contribution in [2.24, 2.45) is 0 Å². The molecule has 0 radical (unpaired) electrons. The molecule has 1 aliphatic rings. The van der Waals surface area contributed by atoms with E-state index in [9.17, 15) is 18.8 Å². The van der Waals surface area contributed by atoms with E-state index < -0.39 is 33.0 Å². The third-order valence-electron chi connectivity index (χ3n) is 4.82. The van der Waals surface area contributed by atoms with E-state index >= 15 is 0 Å². The maximum absolute atomic E-state index is 13.3. The van der Waals surface area contributed by atoms with Crippen LogP contribution in [0.25, 0.3) is 0 Å². The van der Waals surface area contributed by atoms with Crippen LogP contribution in [0.4, 0.5) is 25.5 Å². The number of halogens is 7. The van der Waals surface area contributed by atoms with Crippen molar-refractivity contribution in [3.05, 3.63) is 54.0 Å². The van der Waals surface area contributed by atoms with E-state index in [1.165, 1.54) is 35.4 Å². The zero-order valence-corrected chi connectivity index (χ0v) is 22.5. The number of pyridine rings is 1. The number of carbonyl (C=O) groups is 3. The molecule has 1 aromatic heterocycles. The third-order valence-corrected chi connectivity index (χ3v) is 5.47. The molecular weight excluding hydrogens is 606 g/mol. The van der Waals surface area contributed by atoms with Crippen LogP contribution in [-0.2, 0) is 14.3 Å². The smallest absolute Gasteiger partial charge is 0.425 e. The van der Waals surface area contributed by atoms with Gasteiger partial charge in [-0.2, -0.15) is 4.90 Å². The van der Waals surface area contributed by atoms with Crippen molar-refractivity contribution in [3.63, 3.8) is 0 Å². The quantitative estimate of drug-likeness (QED) is 0.351. The average molecular weight is 622 g/mol. The van der Waals surface area contributed by atoms with Gasteiger partial charge in [0.25, 0.3) is 0 Å². The van der Waals surface area contributed by atoms with Gasteiger partial charge in [0.05, 0.1) is 0 Å². The van der Waals surface area contributed by atoms with Crippen LogP contribution in [0.1, 0.15) is 17.9 Å². The summed E-state index contributed by atoms with van der Waals surface area (Å²) >= 11 is 33.7. The van der Waals surface area contributed by atoms with E-state index in [2.05, 4.69) is 4.98 Å². The van der Waals surface area contributed by atoms with Gasteiger partial charge in [-0.05, 0) is 23.8 Å². The number of rotatable bonds is 5. The van der Waals surface area contributed by atoms with Gasteiger partial charge in [-0.15, -0.1) is 0 Å². The fourth-order valence-corrected chi connectivity index (χ4v) is 3.62. The summed E-state index contributed by atoms with van der Waals surface area (Å²) in [6.07, 6.45) is -1.15. The van der Waals surface area contributed by atoms with Crippen LogP contribution in [0.3, 0.4) is 0 Å². The SMILES string of the molecule is O=C1CC(c2ccc(F)cc2)CN1c1ccnc(N(C(=O)OCC(Cl)(Cl)Cl)C(=O)OCC(Cl)(Cl)Cl)c1. The molecule has 1 unspecified atom stereocenters. The molecule has 3 amide bonds. The molecule has 2 aromatic rings. The van der Waals surface area contributed by atoms with Gasteiger partial charge in [-0.25, -0.2) is 19.0 Å². The van der Waals surface area contributed by atoms with Gasteiger partial charge in [-0.1, -0.05) is 81.7 Å². The van der Waals surface area contributed by atoms with Gasteiger partial charge in [0.2, 0.25) is 13.5 Å². The number of benzene rings is 1. The number of imide groups is 1. The van der Waals surface area contributed by atoms with Gasteiger partial charge >= 0.3 is 12.2 Å². The van der Waals surface area contributed by atoms with Crippen molar-refractivity contribution in [2.45, 2.75) is 19.9 Å². The molecule has 36 heavy (non-hydrogen) atoms. The minimum absolute atomic E-state index is 0.170. The maximum Gasteiger partial charge on any atom is 0.425 e. The first-order valence-electron chi connectivity index (χ1n) is 10.0. The Balaban J connectivity index is 1.86. The van der Waals surface area contributed by atoms with E-state index in [4.69, 9.17) is 79.1 Å². The number of hydrogen-bond donors (Lipinski definition) is 0. The normalized spacial score (nSPS) is 16.1. The van der Waals surface area contributed by atoms with Gasteiger partial charge in [0.15, 0.2) is 5.82 Å². The Morgan fingerprint density at radius 3 is 2.08 bits per heavy atom. The molecule has 194 valence electrons. The molecule has 8 nitrogen and oxygen atoms in total. The Bertz CT molecular complexity index is 1100. The number of anilines is 2. The molecule has 1 atom stereocenters. The second-order valence-corrected chi connectivity index (χ2v) is 12.5. The Kier molecular flexibility index (Phi) is 9.41. The van der Waals surface area contributed by atoms with Crippen molar-refractivity contribution in [1.29, 1.82) is 0 Å². The topological polar surface area (TPSA) is 89.0 Å². The largest absolute Gasteiger partial charge is 0.444 e. The third kappa shape index (κ3) is 8.13. The minimum Gasteiger partial charge on any atom is -0.444 e. The van der Waals surface area contributed by atoms with Crippen LogP contribution in [0.5, 0.6) is 0 Å². The molecule has 0 N–H and O–H groups in total. The van der Waals surface area contributed by atoms with Crippen molar-refractivity contribution < 1.29 is 28.2 Å². The zero-order valence-electron chi connectivity index (χ0n) is 18.0. The summed E-state index contributed by atoms with van der Waals surface area (Å²) in [5, 5.41) is 0. The number of aromatic nitrogens is 1. The van der Waals surface area contributed by atoms with Crippen molar-refractivity contribution in [2.75, 3.05) is 29.6 Å². The summed E-state index contributed by atoms with van der Waals surface area (Å²) in [5.74, 6) is -1.09. The Morgan fingerprint density at radius 2 is 1.56 bits per heavy atom. The van der Waals surface area contributed by atoms with E-state index in [0.29, 0.717) is 10.6 Å². The van der Waals surface area contributed by atoms with Crippen molar-refractivity contribution in [3.8, 4) is 0 Å². The first kappa shape index (κ1) is 28.8. The Morgan fingerprint density at radius 1 is 1.00 bits per heavy atom. The summed E-state index contributed by atoms with van der Waals surface area (Å²) < 4.78 is 19.1. The molecule has 0 saturated carbocycles. The van der Waals surface area contributed by atoms with Gasteiger partial charge in [-0.3, -0.25) is 4.79 Å². The second kappa shape index (κ2) is 11.8. The molecule has 0 aliphatic carbocycles. The highest BCUT2D eigenvalue weighted by atomic mass is 35.6. The van der Waals surface area contributed by atoms with E-state index in [0.717, 1.165) is 5.56 Å². The lowest BCUT2D eigenvalue weighted by molar-refractivity contribution is -0.117. The predicted molar refractivity (Wildman–Crippen MR) is 136 cm³/mol. The Hall–Kier alpha value is -1.75.